The molecule has 1 saturated heterocycles. The van der Waals surface area contributed by atoms with Crippen LogP contribution < -0.4 is 4.74 Å². The van der Waals surface area contributed by atoms with Gasteiger partial charge in [0.1, 0.15) is 5.75 Å². The molecule has 2 aromatic rings. The smallest absolute Gasteiger partial charge is 0.340 e. The van der Waals surface area contributed by atoms with Crippen molar-refractivity contribution < 1.29 is 4.74 Å². The van der Waals surface area contributed by atoms with Crippen LogP contribution in [0.15, 0.2) is 30.3 Å². The van der Waals surface area contributed by atoms with E-state index in [4.69, 9.17) is 4.74 Å². The van der Waals surface area contributed by atoms with Gasteiger partial charge in [-0.3, -0.25) is 0 Å². The minimum atomic E-state index is 0.450. The van der Waals surface area contributed by atoms with Gasteiger partial charge in [0, 0.05) is 6.04 Å². The molecule has 0 spiro atoms. The number of nitrogens with zero attached hydrogens (tertiary/aromatic N) is 5. The van der Waals surface area contributed by atoms with Crippen LogP contribution in [0.3, 0.4) is 0 Å². The Morgan fingerprint density at radius 2 is 2.16 bits per heavy atom. The van der Waals surface area contributed by atoms with Gasteiger partial charge in [-0.2, -0.15) is 4.68 Å². The van der Waals surface area contributed by atoms with Crippen molar-refractivity contribution in [3.63, 3.8) is 0 Å². The first kappa shape index (κ1) is 12.2. The highest BCUT2D eigenvalue weighted by atomic mass is 16.5. The summed E-state index contributed by atoms with van der Waals surface area (Å²) in [5, 5.41) is 11.7. The van der Waals surface area contributed by atoms with E-state index in [0.29, 0.717) is 12.1 Å². The summed E-state index contributed by atoms with van der Waals surface area (Å²) < 4.78 is 7.44. The van der Waals surface area contributed by atoms with Crippen LogP contribution in [0.2, 0.25) is 0 Å². The Labute approximate surface area is 112 Å². The number of hydrogen-bond donors (Lipinski definition) is 0. The van der Waals surface area contributed by atoms with E-state index in [1.807, 2.05) is 30.3 Å². The third kappa shape index (κ3) is 2.76. The molecule has 1 aliphatic heterocycles. The maximum absolute atomic E-state index is 5.70. The molecule has 19 heavy (non-hydrogen) atoms. The van der Waals surface area contributed by atoms with E-state index in [1.165, 1.54) is 12.8 Å². The van der Waals surface area contributed by atoms with Crippen molar-refractivity contribution in [3.05, 3.63) is 30.3 Å². The van der Waals surface area contributed by atoms with Crippen LogP contribution in [-0.4, -0.2) is 45.6 Å². The van der Waals surface area contributed by atoms with Crippen LogP contribution in [0.4, 0.5) is 0 Å². The van der Waals surface area contributed by atoms with Gasteiger partial charge >= 0.3 is 6.01 Å². The van der Waals surface area contributed by atoms with E-state index in [2.05, 4.69) is 28.3 Å². The molecule has 0 radical (unpaired) electrons. The van der Waals surface area contributed by atoms with E-state index in [1.54, 1.807) is 4.68 Å². The Kier molecular flexibility index (Phi) is 3.46. The number of aromatic nitrogens is 4. The molecule has 1 aliphatic rings. The molecule has 0 bridgehead atoms. The lowest BCUT2D eigenvalue weighted by Crippen LogP contribution is -2.31. The van der Waals surface area contributed by atoms with E-state index < -0.39 is 0 Å². The first-order valence-corrected chi connectivity index (χ1v) is 6.52. The Morgan fingerprint density at radius 3 is 2.89 bits per heavy atom. The molecule has 0 N–H and O–H groups in total. The van der Waals surface area contributed by atoms with Crippen molar-refractivity contribution in [1.29, 1.82) is 0 Å². The van der Waals surface area contributed by atoms with Crippen molar-refractivity contribution >= 4 is 7.98 Å². The molecule has 3 rings (SSSR count). The number of benzene rings is 1. The maximum Gasteiger partial charge on any atom is 0.340 e. The summed E-state index contributed by atoms with van der Waals surface area (Å²) in [6, 6.07) is 10.5. The van der Waals surface area contributed by atoms with Gasteiger partial charge in [0.05, 0.1) is 6.54 Å². The van der Waals surface area contributed by atoms with Crippen molar-refractivity contribution in [2.45, 2.75) is 25.4 Å². The highest BCUT2D eigenvalue weighted by Gasteiger charge is 2.23. The van der Waals surface area contributed by atoms with Crippen molar-refractivity contribution in [3.8, 4) is 11.8 Å². The summed E-state index contributed by atoms with van der Waals surface area (Å²) in [6.45, 7) is 1.91. The lowest BCUT2D eigenvalue weighted by molar-refractivity contribution is 0.324. The van der Waals surface area contributed by atoms with E-state index in [0.717, 1.165) is 18.8 Å². The monoisotopic (exact) mass is 257 g/mol. The Balaban J connectivity index is 1.71. The highest BCUT2D eigenvalue weighted by molar-refractivity contribution is 6.04. The highest BCUT2D eigenvalue weighted by Crippen LogP contribution is 2.20. The van der Waals surface area contributed by atoms with Gasteiger partial charge in [0.15, 0.2) is 7.98 Å². The molecule has 0 aliphatic carbocycles. The molecule has 1 atom stereocenters. The average Bonchev–Trinajstić information content (AvgIpc) is 3.02. The van der Waals surface area contributed by atoms with Gasteiger partial charge in [-0.25, -0.2) is 0 Å². The number of para-hydroxylation sites is 1. The lowest BCUT2D eigenvalue weighted by Gasteiger charge is -2.19. The maximum atomic E-state index is 5.70. The zero-order chi connectivity index (χ0) is 13.1. The molecule has 1 fully saturated rings. The van der Waals surface area contributed by atoms with E-state index in [-0.39, 0.29) is 0 Å². The normalized spacial score (nSPS) is 19.7. The molecule has 0 amide bonds. The molecule has 7 heteroatoms. The van der Waals surface area contributed by atoms with Gasteiger partial charge in [0.2, 0.25) is 0 Å². The third-order valence-corrected chi connectivity index (χ3v) is 3.51. The van der Waals surface area contributed by atoms with Gasteiger partial charge in [0.25, 0.3) is 0 Å². The Morgan fingerprint density at radius 1 is 1.32 bits per heavy atom. The summed E-state index contributed by atoms with van der Waals surface area (Å²) in [7, 11) is 2.14. The van der Waals surface area contributed by atoms with Crippen LogP contribution in [0, 0.1) is 0 Å². The average molecular weight is 257 g/mol. The van der Waals surface area contributed by atoms with Crippen LogP contribution in [0.25, 0.3) is 0 Å². The Hall–Kier alpha value is -1.89. The summed E-state index contributed by atoms with van der Waals surface area (Å²) in [6.07, 6.45) is 2.42. The van der Waals surface area contributed by atoms with Crippen molar-refractivity contribution in [2.75, 3.05) is 6.54 Å². The largest absolute Gasteiger partial charge is 0.423 e. The van der Waals surface area contributed by atoms with Gasteiger partial charge in [-0.05, 0) is 41.9 Å². The molecule has 1 unspecified atom stereocenters. The zero-order valence-corrected chi connectivity index (χ0v) is 10.9. The first-order valence-electron chi connectivity index (χ1n) is 6.52. The standard InChI is InChI=1S/C12H16BN5O/c13-17-8-4-5-10(17)9-18-12(14-15-16-18)19-11-6-2-1-3-7-11/h1-3,6-7,10H,4-5,8-9,13H2. The van der Waals surface area contributed by atoms with Crippen LogP contribution >= 0.6 is 0 Å². The fraction of sp³-hybridized carbons (Fsp3) is 0.417. The summed E-state index contributed by atoms with van der Waals surface area (Å²) in [4.78, 5) is 2.34. The summed E-state index contributed by atoms with van der Waals surface area (Å²) in [5.41, 5.74) is 0. The SMILES string of the molecule is BN1CCCC1Cn1nnnc1Oc1ccccc1. The number of rotatable bonds is 4. The first-order chi connectivity index (χ1) is 9.33. The third-order valence-electron chi connectivity index (χ3n) is 3.51. The molecular formula is C12H16BN5O. The summed E-state index contributed by atoms with van der Waals surface area (Å²) >= 11 is 0. The quantitative estimate of drug-likeness (QED) is 0.745. The van der Waals surface area contributed by atoms with Gasteiger partial charge in [-0.1, -0.05) is 23.3 Å². The van der Waals surface area contributed by atoms with Crippen LogP contribution in [0.5, 0.6) is 11.8 Å². The molecule has 6 nitrogen and oxygen atoms in total. The lowest BCUT2D eigenvalue weighted by atomic mass is 10.2. The minimum Gasteiger partial charge on any atom is -0.423 e. The fourth-order valence-corrected chi connectivity index (χ4v) is 2.39. The number of hydrogen-bond acceptors (Lipinski definition) is 5. The molecule has 1 aromatic heterocycles. The Bertz CT molecular complexity index is 532. The van der Waals surface area contributed by atoms with Crippen LogP contribution in [-0.2, 0) is 6.54 Å². The van der Waals surface area contributed by atoms with Crippen molar-refractivity contribution in [2.24, 2.45) is 0 Å². The predicted molar refractivity (Wildman–Crippen MR) is 72.6 cm³/mol. The molecule has 2 heterocycles. The van der Waals surface area contributed by atoms with Gasteiger partial charge in [-0.15, -0.1) is 0 Å². The van der Waals surface area contributed by atoms with Crippen LogP contribution in [0.1, 0.15) is 12.8 Å². The molecular weight excluding hydrogens is 241 g/mol. The second-order valence-electron chi connectivity index (χ2n) is 4.84. The topological polar surface area (TPSA) is 56.1 Å². The number of ether oxygens (including phenoxy) is 1. The summed E-state index contributed by atoms with van der Waals surface area (Å²) in [5.74, 6) is 0.748. The van der Waals surface area contributed by atoms with Crippen molar-refractivity contribution in [1.82, 2.24) is 25.0 Å². The van der Waals surface area contributed by atoms with Gasteiger partial charge < -0.3 is 9.55 Å². The molecule has 98 valence electrons. The van der Waals surface area contributed by atoms with E-state index in [9.17, 15) is 0 Å². The minimum absolute atomic E-state index is 0.450. The molecule has 1 aromatic carbocycles. The predicted octanol–water partition coefficient (Wildman–Crippen LogP) is 0.478. The molecule has 0 saturated carbocycles. The second kappa shape index (κ2) is 5.40. The number of tetrazole rings is 1. The second-order valence-corrected chi connectivity index (χ2v) is 4.84. The van der Waals surface area contributed by atoms with E-state index >= 15 is 0 Å². The zero-order valence-electron chi connectivity index (χ0n) is 10.9. The fourth-order valence-electron chi connectivity index (χ4n) is 2.39.